The Morgan fingerprint density at radius 3 is 2.60 bits per heavy atom. The number of pyridine rings is 1. The van der Waals surface area contributed by atoms with Gasteiger partial charge in [0.2, 0.25) is 0 Å². The normalized spacial score (nSPS) is 16.5. The number of hydrogen-bond donors (Lipinski definition) is 0. The molecule has 4 aromatic rings. The maximum absolute atomic E-state index is 15.4. The van der Waals surface area contributed by atoms with Crippen molar-refractivity contribution in [3.63, 3.8) is 0 Å². The minimum absolute atomic E-state index is 0.141. The van der Waals surface area contributed by atoms with Crippen molar-refractivity contribution in [3.8, 4) is 28.6 Å². The second kappa shape index (κ2) is 10.4. The number of aromatic nitrogens is 4. The predicted molar refractivity (Wildman–Crippen MR) is 157 cm³/mol. The summed E-state index contributed by atoms with van der Waals surface area (Å²) in [6, 6.07) is 15.1. The number of aryl methyl sites for hydroxylation is 1. The van der Waals surface area contributed by atoms with Crippen LogP contribution in [0.4, 0.5) is 10.2 Å². The van der Waals surface area contributed by atoms with Crippen molar-refractivity contribution in [2.24, 2.45) is 13.0 Å². The van der Waals surface area contributed by atoms with Gasteiger partial charge in [0, 0.05) is 48.4 Å². The number of carbonyl (C=O) groups is 1. The number of carbonyl (C=O) groups excluding carboxylic acids is 1. The lowest BCUT2D eigenvalue weighted by Gasteiger charge is -2.30. The van der Waals surface area contributed by atoms with E-state index < -0.39 is 0 Å². The van der Waals surface area contributed by atoms with Crippen LogP contribution in [0.25, 0.3) is 22.5 Å². The molecule has 2 aromatic carbocycles. The molecule has 0 saturated heterocycles. The number of rotatable bonds is 8. The smallest absolute Gasteiger partial charge is 0.260 e. The number of halogens is 1. The molecular weight excluding hydrogens is 529 g/mol. The van der Waals surface area contributed by atoms with Crippen LogP contribution in [0, 0.1) is 23.1 Å². The van der Waals surface area contributed by atoms with E-state index in [0.29, 0.717) is 40.8 Å². The van der Waals surface area contributed by atoms with Gasteiger partial charge in [-0.1, -0.05) is 12.5 Å². The Kier molecular flexibility index (Phi) is 6.59. The highest BCUT2D eigenvalue weighted by molar-refractivity contribution is 6.10. The second-order valence-electron chi connectivity index (χ2n) is 12.0. The SMILES string of the molecule is CN(Cc1cc(F)c2c(c1)C(=O)N(c1cc(-c3ccc(C#N)cc3-c3nncn3C)cc(C3CC3)n1)C2)CC1CCC1. The molecule has 0 spiro atoms. The Morgan fingerprint density at radius 1 is 1.07 bits per heavy atom. The second-order valence-corrected chi connectivity index (χ2v) is 12.0. The maximum atomic E-state index is 15.4. The first-order chi connectivity index (χ1) is 20.4. The quantitative estimate of drug-likeness (QED) is 0.269. The number of hydrogen-bond acceptors (Lipinski definition) is 6. The fraction of sp³-hybridized carbons (Fsp3) is 0.364. The van der Waals surface area contributed by atoms with E-state index in [0.717, 1.165) is 53.3 Å². The van der Waals surface area contributed by atoms with E-state index >= 15 is 4.39 Å². The molecule has 212 valence electrons. The van der Waals surface area contributed by atoms with Crippen molar-refractivity contribution in [1.82, 2.24) is 24.6 Å². The highest BCUT2D eigenvalue weighted by Gasteiger charge is 2.34. The first-order valence-corrected chi connectivity index (χ1v) is 14.6. The summed E-state index contributed by atoms with van der Waals surface area (Å²) in [5, 5.41) is 17.9. The lowest BCUT2D eigenvalue weighted by molar-refractivity contribution is 0.0995. The zero-order chi connectivity index (χ0) is 29.0. The highest BCUT2D eigenvalue weighted by Crippen LogP contribution is 2.43. The molecule has 1 aliphatic heterocycles. The van der Waals surface area contributed by atoms with Gasteiger partial charge in [0.15, 0.2) is 5.82 Å². The Bertz CT molecular complexity index is 1750. The Hall–Kier alpha value is -4.42. The van der Waals surface area contributed by atoms with Crippen LogP contribution in [-0.4, -0.2) is 44.1 Å². The molecule has 2 aliphatic carbocycles. The number of nitriles is 1. The molecule has 9 heteroatoms. The number of anilines is 1. The first kappa shape index (κ1) is 26.5. The van der Waals surface area contributed by atoms with Crippen LogP contribution in [0.3, 0.4) is 0 Å². The van der Waals surface area contributed by atoms with Crippen molar-refractivity contribution in [3.05, 3.63) is 82.6 Å². The van der Waals surface area contributed by atoms with Gasteiger partial charge >= 0.3 is 0 Å². The average Bonchev–Trinajstić information content (AvgIpc) is 3.65. The van der Waals surface area contributed by atoms with Gasteiger partial charge < -0.3 is 9.47 Å². The predicted octanol–water partition coefficient (Wildman–Crippen LogP) is 5.82. The summed E-state index contributed by atoms with van der Waals surface area (Å²) in [4.78, 5) is 22.5. The van der Waals surface area contributed by atoms with Gasteiger partial charge in [0.1, 0.15) is 18.0 Å². The Balaban J connectivity index is 1.25. The molecule has 7 rings (SSSR count). The largest absolute Gasteiger partial charge is 0.317 e. The third-order valence-corrected chi connectivity index (χ3v) is 8.81. The maximum Gasteiger partial charge on any atom is 0.260 e. The van der Waals surface area contributed by atoms with Crippen LogP contribution in [-0.2, 0) is 20.1 Å². The highest BCUT2D eigenvalue weighted by atomic mass is 19.1. The first-order valence-electron chi connectivity index (χ1n) is 14.6. The van der Waals surface area contributed by atoms with Crippen LogP contribution in [0.5, 0.6) is 0 Å². The molecule has 3 heterocycles. The number of nitrogens with zero attached hydrogens (tertiary/aromatic N) is 7. The van der Waals surface area contributed by atoms with E-state index in [-0.39, 0.29) is 18.3 Å². The summed E-state index contributed by atoms with van der Waals surface area (Å²) in [5.74, 6) is 1.62. The summed E-state index contributed by atoms with van der Waals surface area (Å²) in [6.07, 6.45) is 7.52. The van der Waals surface area contributed by atoms with Gasteiger partial charge in [-0.25, -0.2) is 9.37 Å². The third kappa shape index (κ3) is 4.86. The number of fused-ring (bicyclic) bond motifs is 1. The number of amides is 1. The van der Waals surface area contributed by atoms with E-state index in [1.807, 2.05) is 35.9 Å². The Morgan fingerprint density at radius 2 is 1.90 bits per heavy atom. The van der Waals surface area contributed by atoms with Crippen LogP contribution in [0.2, 0.25) is 0 Å². The van der Waals surface area contributed by atoms with E-state index in [1.165, 1.54) is 19.3 Å². The van der Waals surface area contributed by atoms with Crippen molar-refractivity contribution in [2.75, 3.05) is 18.5 Å². The fourth-order valence-corrected chi connectivity index (χ4v) is 6.18. The number of benzene rings is 2. The standard InChI is InChI=1S/C33H32FN7O/c1-39(16-20-4-3-5-20)17-22-11-27-28(29(34)12-22)18-41(33(27)42)31-14-24(13-30(37-31)23-7-8-23)25-9-6-21(15-35)10-26(25)32-38-36-19-40(32)2/h6,9-14,19-20,23H,3-5,7-8,16-18H2,1-2H3. The van der Waals surface area contributed by atoms with Gasteiger partial charge in [0.25, 0.3) is 5.91 Å². The molecule has 1 amide bonds. The van der Waals surface area contributed by atoms with Gasteiger partial charge in [0.05, 0.1) is 18.2 Å². The van der Waals surface area contributed by atoms with Crippen LogP contribution >= 0.6 is 0 Å². The summed E-state index contributed by atoms with van der Waals surface area (Å²) in [6.45, 7) is 1.74. The van der Waals surface area contributed by atoms with E-state index in [4.69, 9.17) is 4.98 Å². The molecule has 0 bridgehead atoms. The van der Waals surface area contributed by atoms with Crippen molar-refractivity contribution < 1.29 is 9.18 Å². The molecule has 2 saturated carbocycles. The monoisotopic (exact) mass is 561 g/mol. The fourth-order valence-electron chi connectivity index (χ4n) is 6.18. The van der Waals surface area contributed by atoms with Crippen LogP contribution < -0.4 is 4.90 Å². The van der Waals surface area contributed by atoms with Crippen molar-refractivity contribution in [1.29, 1.82) is 5.26 Å². The molecule has 2 fully saturated rings. The average molecular weight is 562 g/mol. The van der Waals surface area contributed by atoms with Gasteiger partial charge in [-0.15, -0.1) is 10.2 Å². The summed E-state index contributed by atoms with van der Waals surface area (Å²) in [5.41, 5.74) is 5.58. The summed E-state index contributed by atoms with van der Waals surface area (Å²) in [7, 11) is 3.92. The minimum Gasteiger partial charge on any atom is -0.317 e. The summed E-state index contributed by atoms with van der Waals surface area (Å²) >= 11 is 0. The molecule has 0 unspecified atom stereocenters. The molecule has 0 radical (unpaired) electrons. The molecule has 0 N–H and O–H groups in total. The van der Waals surface area contributed by atoms with E-state index in [2.05, 4.69) is 34.3 Å². The van der Waals surface area contributed by atoms with Gasteiger partial charge in [-0.05, 0) is 91.7 Å². The molecular formula is C33H32FN7O. The zero-order valence-electron chi connectivity index (χ0n) is 23.8. The molecule has 2 aromatic heterocycles. The molecule has 42 heavy (non-hydrogen) atoms. The molecule has 3 aliphatic rings. The van der Waals surface area contributed by atoms with Crippen LogP contribution in [0.15, 0.2) is 48.8 Å². The lowest BCUT2D eigenvalue weighted by atomic mass is 9.85. The third-order valence-electron chi connectivity index (χ3n) is 8.81. The van der Waals surface area contributed by atoms with Crippen molar-refractivity contribution in [2.45, 2.75) is 51.1 Å². The van der Waals surface area contributed by atoms with Gasteiger partial charge in [-0.3, -0.25) is 9.69 Å². The topological polar surface area (TPSA) is 90.9 Å². The van der Waals surface area contributed by atoms with E-state index in [9.17, 15) is 10.1 Å². The Labute approximate surface area is 244 Å². The molecule has 8 nitrogen and oxygen atoms in total. The van der Waals surface area contributed by atoms with Crippen LogP contribution in [0.1, 0.15) is 70.8 Å². The zero-order valence-corrected chi connectivity index (χ0v) is 23.8. The lowest BCUT2D eigenvalue weighted by Crippen LogP contribution is -2.29. The minimum atomic E-state index is -0.342. The van der Waals surface area contributed by atoms with E-state index in [1.54, 1.807) is 23.4 Å². The van der Waals surface area contributed by atoms with Crippen molar-refractivity contribution >= 4 is 11.7 Å². The summed E-state index contributed by atoms with van der Waals surface area (Å²) < 4.78 is 17.2. The molecule has 0 atom stereocenters. The van der Waals surface area contributed by atoms with Gasteiger partial charge in [-0.2, -0.15) is 5.26 Å².